The molecule has 0 saturated carbocycles. The third-order valence-electron chi connectivity index (χ3n) is 2.15. The standard InChI is InChI=1S/C8H17N3/c1-8(2)3-4-11(6-8)5-7(9)10/h3-6H2,1-2H3,(H3,9,10). The van der Waals surface area contributed by atoms with Crippen LogP contribution in [0.2, 0.25) is 0 Å². The van der Waals surface area contributed by atoms with Gasteiger partial charge in [0.2, 0.25) is 0 Å². The highest BCUT2D eigenvalue weighted by Gasteiger charge is 2.28. The van der Waals surface area contributed by atoms with E-state index in [-0.39, 0.29) is 5.84 Å². The molecule has 11 heavy (non-hydrogen) atoms. The first-order valence-electron chi connectivity index (χ1n) is 4.05. The van der Waals surface area contributed by atoms with Gasteiger partial charge >= 0.3 is 0 Å². The van der Waals surface area contributed by atoms with Gasteiger partial charge in [0.25, 0.3) is 0 Å². The molecule has 3 nitrogen and oxygen atoms in total. The summed E-state index contributed by atoms with van der Waals surface area (Å²) >= 11 is 0. The molecule has 0 aromatic heterocycles. The van der Waals surface area contributed by atoms with Gasteiger partial charge in [-0.15, -0.1) is 0 Å². The lowest BCUT2D eigenvalue weighted by atomic mass is 9.93. The highest BCUT2D eigenvalue weighted by atomic mass is 15.2. The first-order valence-corrected chi connectivity index (χ1v) is 4.05. The maximum Gasteiger partial charge on any atom is 0.105 e. The number of hydrogen-bond donors (Lipinski definition) is 2. The van der Waals surface area contributed by atoms with Crippen LogP contribution in [-0.2, 0) is 0 Å². The molecular formula is C8H17N3. The van der Waals surface area contributed by atoms with Crippen LogP contribution in [0.4, 0.5) is 0 Å². The van der Waals surface area contributed by atoms with E-state index in [1.807, 2.05) is 0 Å². The Morgan fingerprint density at radius 2 is 2.27 bits per heavy atom. The van der Waals surface area contributed by atoms with Crippen LogP contribution in [0, 0.1) is 10.8 Å². The van der Waals surface area contributed by atoms with Crippen LogP contribution in [0.1, 0.15) is 20.3 Å². The molecule has 0 atom stereocenters. The SMILES string of the molecule is CC1(C)CCN(CC(=N)N)C1. The number of amidine groups is 1. The Bertz CT molecular complexity index is 163. The van der Waals surface area contributed by atoms with Crippen LogP contribution in [0.5, 0.6) is 0 Å². The van der Waals surface area contributed by atoms with Crippen molar-refractivity contribution in [3.05, 3.63) is 0 Å². The minimum atomic E-state index is 0.280. The lowest BCUT2D eigenvalue weighted by molar-refractivity contribution is 0.320. The lowest BCUT2D eigenvalue weighted by Crippen LogP contribution is -2.32. The van der Waals surface area contributed by atoms with Crippen molar-refractivity contribution in [3.63, 3.8) is 0 Å². The summed E-state index contributed by atoms with van der Waals surface area (Å²) in [6, 6.07) is 0. The molecule has 1 rings (SSSR count). The highest BCUT2D eigenvalue weighted by molar-refractivity contribution is 5.78. The van der Waals surface area contributed by atoms with E-state index in [0.717, 1.165) is 13.1 Å². The van der Waals surface area contributed by atoms with Crippen molar-refractivity contribution in [1.29, 1.82) is 5.41 Å². The van der Waals surface area contributed by atoms with Gasteiger partial charge in [0, 0.05) is 6.54 Å². The fourth-order valence-electron chi connectivity index (χ4n) is 1.60. The maximum atomic E-state index is 7.12. The smallest absolute Gasteiger partial charge is 0.105 e. The summed E-state index contributed by atoms with van der Waals surface area (Å²) in [6.45, 7) is 7.32. The predicted molar refractivity (Wildman–Crippen MR) is 46.8 cm³/mol. The first kappa shape index (κ1) is 8.53. The lowest BCUT2D eigenvalue weighted by Gasteiger charge is -2.18. The van der Waals surface area contributed by atoms with Crippen molar-refractivity contribution < 1.29 is 0 Å². The van der Waals surface area contributed by atoms with E-state index in [2.05, 4.69) is 18.7 Å². The molecule has 0 aliphatic carbocycles. The molecule has 0 aromatic rings. The van der Waals surface area contributed by atoms with E-state index in [1.54, 1.807) is 0 Å². The molecule has 3 N–H and O–H groups in total. The Balaban J connectivity index is 2.36. The van der Waals surface area contributed by atoms with Crippen molar-refractivity contribution in [3.8, 4) is 0 Å². The molecule has 1 aliphatic heterocycles. The number of likely N-dealkylation sites (tertiary alicyclic amines) is 1. The van der Waals surface area contributed by atoms with E-state index >= 15 is 0 Å². The van der Waals surface area contributed by atoms with Crippen LogP contribution < -0.4 is 5.73 Å². The van der Waals surface area contributed by atoms with Crippen molar-refractivity contribution in [1.82, 2.24) is 4.90 Å². The Labute approximate surface area is 68.1 Å². The highest BCUT2D eigenvalue weighted by Crippen LogP contribution is 2.28. The minimum absolute atomic E-state index is 0.280. The summed E-state index contributed by atoms with van der Waals surface area (Å²) < 4.78 is 0. The van der Waals surface area contributed by atoms with Crippen molar-refractivity contribution in [2.24, 2.45) is 11.1 Å². The van der Waals surface area contributed by atoms with Gasteiger partial charge < -0.3 is 5.73 Å². The van der Waals surface area contributed by atoms with Crippen LogP contribution in [0.3, 0.4) is 0 Å². The van der Waals surface area contributed by atoms with Crippen molar-refractivity contribution in [2.45, 2.75) is 20.3 Å². The average molecular weight is 155 g/mol. The number of nitrogens with one attached hydrogen (secondary N) is 1. The average Bonchev–Trinajstić information content (AvgIpc) is 2.08. The monoisotopic (exact) mass is 155 g/mol. The second kappa shape index (κ2) is 2.81. The third-order valence-corrected chi connectivity index (χ3v) is 2.15. The summed E-state index contributed by atoms with van der Waals surface area (Å²) in [7, 11) is 0. The number of hydrogen-bond acceptors (Lipinski definition) is 2. The molecule has 0 amide bonds. The largest absolute Gasteiger partial charge is 0.387 e. The van der Waals surface area contributed by atoms with Gasteiger partial charge in [-0.2, -0.15) is 0 Å². The van der Waals surface area contributed by atoms with E-state index in [9.17, 15) is 0 Å². The molecule has 1 saturated heterocycles. The molecule has 1 aliphatic rings. The van der Waals surface area contributed by atoms with Crippen LogP contribution in [0.15, 0.2) is 0 Å². The molecule has 0 spiro atoms. The van der Waals surface area contributed by atoms with Gasteiger partial charge in [-0.3, -0.25) is 10.3 Å². The zero-order valence-corrected chi connectivity index (χ0v) is 7.35. The second-order valence-electron chi connectivity index (χ2n) is 4.15. The van der Waals surface area contributed by atoms with Crippen LogP contribution >= 0.6 is 0 Å². The molecule has 1 heterocycles. The van der Waals surface area contributed by atoms with Gasteiger partial charge in [-0.1, -0.05) is 13.8 Å². The zero-order chi connectivity index (χ0) is 8.48. The van der Waals surface area contributed by atoms with Gasteiger partial charge in [0.05, 0.1) is 6.54 Å². The van der Waals surface area contributed by atoms with Gasteiger partial charge in [-0.05, 0) is 18.4 Å². The van der Waals surface area contributed by atoms with E-state index in [0.29, 0.717) is 12.0 Å². The molecule has 0 unspecified atom stereocenters. The molecule has 3 heteroatoms. The first-order chi connectivity index (χ1) is 4.99. The molecular weight excluding hydrogens is 138 g/mol. The second-order valence-corrected chi connectivity index (χ2v) is 4.15. The van der Waals surface area contributed by atoms with E-state index < -0.39 is 0 Å². The Morgan fingerprint density at radius 3 is 2.64 bits per heavy atom. The van der Waals surface area contributed by atoms with Gasteiger partial charge in [0.15, 0.2) is 0 Å². The molecule has 64 valence electrons. The fraction of sp³-hybridized carbons (Fsp3) is 0.875. The van der Waals surface area contributed by atoms with Crippen LogP contribution in [0.25, 0.3) is 0 Å². The Kier molecular flexibility index (Phi) is 2.18. The molecule has 0 radical (unpaired) electrons. The van der Waals surface area contributed by atoms with Crippen LogP contribution in [-0.4, -0.2) is 30.4 Å². The zero-order valence-electron chi connectivity index (χ0n) is 7.35. The summed E-state index contributed by atoms with van der Waals surface area (Å²) in [5.41, 5.74) is 5.73. The normalized spacial score (nSPS) is 23.8. The number of nitrogens with two attached hydrogens (primary N) is 1. The molecule has 0 bridgehead atoms. The number of nitrogens with zero attached hydrogens (tertiary/aromatic N) is 1. The minimum Gasteiger partial charge on any atom is -0.387 e. The molecule has 1 fully saturated rings. The van der Waals surface area contributed by atoms with Crippen molar-refractivity contribution in [2.75, 3.05) is 19.6 Å². The topological polar surface area (TPSA) is 53.1 Å². The van der Waals surface area contributed by atoms with E-state index in [4.69, 9.17) is 11.1 Å². The quantitative estimate of drug-likeness (QED) is 0.454. The Morgan fingerprint density at radius 1 is 1.64 bits per heavy atom. The fourth-order valence-corrected chi connectivity index (χ4v) is 1.60. The number of rotatable bonds is 2. The van der Waals surface area contributed by atoms with Crippen molar-refractivity contribution >= 4 is 5.84 Å². The van der Waals surface area contributed by atoms with Gasteiger partial charge in [-0.25, -0.2) is 0 Å². The maximum absolute atomic E-state index is 7.12. The summed E-state index contributed by atoms with van der Waals surface area (Å²) in [6.07, 6.45) is 1.22. The third kappa shape index (κ3) is 2.50. The Hall–Kier alpha value is -0.570. The summed E-state index contributed by atoms with van der Waals surface area (Å²) in [5, 5.41) is 7.12. The molecule has 0 aromatic carbocycles. The predicted octanol–water partition coefficient (Wildman–Crippen LogP) is 0.654. The summed E-state index contributed by atoms with van der Waals surface area (Å²) in [4.78, 5) is 2.24. The summed E-state index contributed by atoms with van der Waals surface area (Å²) in [5.74, 6) is 0.280. The van der Waals surface area contributed by atoms with Gasteiger partial charge in [0.1, 0.15) is 5.84 Å². The van der Waals surface area contributed by atoms with E-state index in [1.165, 1.54) is 6.42 Å².